The van der Waals surface area contributed by atoms with Crippen LogP contribution in [0.5, 0.6) is 0 Å². The number of imidazole rings is 1. The number of hydrogen-bond donors (Lipinski definition) is 1. The van der Waals surface area contributed by atoms with Crippen molar-refractivity contribution < 1.29 is 9.21 Å². The molecule has 0 bridgehead atoms. The van der Waals surface area contributed by atoms with E-state index in [-0.39, 0.29) is 18.7 Å². The predicted octanol–water partition coefficient (Wildman–Crippen LogP) is 5.97. The van der Waals surface area contributed by atoms with Crippen molar-refractivity contribution in [3.63, 3.8) is 0 Å². The highest BCUT2D eigenvalue weighted by Crippen LogP contribution is 2.29. The number of hydrogen-bond acceptors (Lipinski definition) is 5. The van der Waals surface area contributed by atoms with Crippen molar-refractivity contribution in [3.05, 3.63) is 95.5 Å². The molecule has 5 aromatic rings. The zero-order chi connectivity index (χ0) is 24.2. The van der Waals surface area contributed by atoms with Gasteiger partial charge >= 0.3 is 6.01 Å². The van der Waals surface area contributed by atoms with Crippen molar-refractivity contribution >= 4 is 34.2 Å². The summed E-state index contributed by atoms with van der Waals surface area (Å²) in [6.07, 6.45) is 2.51. The van der Waals surface area contributed by atoms with E-state index in [1.54, 1.807) is 35.2 Å². The highest BCUT2D eigenvalue weighted by atomic mass is 35.5. The molecule has 0 aliphatic carbocycles. The molecule has 1 amide bonds. The molecular formula is C27H20ClN5O2. The quantitative estimate of drug-likeness (QED) is 0.309. The summed E-state index contributed by atoms with van der Waals surface area (Å²) < 4.78 is 7.96. The molecule has 5 rings (SSSR count). The van der Waals surface area contributed by atoms with Gasteiger partial charge in [0.1, 0.15) is 17.8 Å². The van der Waals surface area contributed by atoms with Gasteiger partial charge in [0.15, 0.2) is 0 Å². The van der Waals surface area contributed by atoms with Crippen LogP contribution >= 0.6 is 11.6 Å². The first-order chi connectivity index (χ1) is 17.1. The number of benzene rings is 3. The lowest BCUT2D eigenvalue weighted by Crippen LogP contribution is -2.12. The third-order valence-electron chi connectivity index (χ3n) is 5.54. The number of oxazole rings is 1. The van der Waals surface area contributed by atoms with Crippen molar-refractivity contribution in [2.75, 3.05) is 5.32 Å². The summed E-state index contributed by atoms with van der Waals surface area (Å²) in [5.41, 5.74) is 4.70. The van der Waals surface area contributed by atoms with Crippen LogP contribution in [0.1, 0.15) is 17.7 Å². The maximum Gasteiger partial charge on any atom is 0.308 e. The second-order valence-electron chi connectivity index (χ2n) is 7.96. The van der Waals surface area contributed by atoms with E-state index in [1.165, 1.54) is 0 Å². The van der Waals surface area contributed by atoms with Crippen LogP contribution in [0.3, 0.4) is 0 Å². The number of nitriles is 1. The van der Waals surface area contributed by atoms with E-state index < -0.39 is 0 Å². The minimum absolute atomic E-state index is 0.160. The first kappa shape index (κ1) is 22.4. The van der Waals surface area contributed by atoms with Crippen LogP contribution in [-0.2, 0) is 17.6 Å². The number of halogens is 1. The normalized spacial score (nSPS) is 10.9. The Hall–Kier alpha value is -4.41. The van der Waals surface area contributed by atoms with Crippen molar-refractivity contribution in [3.8, 4) is 23.3 Å². The molecule has 172 valence electrons. The molecule has 0 atom stereocenters. The fraction of sp³-hybridized carbons (Fsp3) is 0.111. The maximum atomic E-state index is 12.7. The van der Waals surface area contributed by atoms with Crippen LogP contribution in [0.25, 0.3) is 28.3 Å². The van der Waals surface area contributed by atoms with Gasteiger partial charge < -0.3 is 9.73 Å². The largest absolute Gasteiger partial charge is 0.427 e. The van der Waals surface area contributed by atoms with Crippen LogP contribution in [0.2, 0.25) is 5.02 Å². The number of carbonyl (C=O) groups excluding carboxylic acids is 1. The summed E-state index contributed by atoms with van der Waals surface area (Å²) in [4.78, 5) is 21.9. The number of carbonyl (C=O) groups is 1. The molecule has 0 spiro atoms. The second kappa shape index (κ2) is 9.84. The Bertz CT molecular complexity index is 1550. The molecule has 3 aromatic carbocycles. The van der Waals surface area contributed by atoms with Gasteiger partial charge in [-0.1, -0.05) is 48.0 Å². The SMILES string of the molecule is N#CCc1cccc(NC(=O)CCc2oc(-n3cnc4ccccc43)nc2-c2ccc(Cl)cc2)c1. The van der Waals surface area contributed by atoms with Crippen LogP contribution in [0, 0.1) is 11.3 Å². The minimum atomic E-state index is -0.160. The summed E-state index contributed by atoms with van der Waals surface area (Å²) in [5, 5.41) is 12.4. The van der Waals surface area contributed by atoms with Gasteiger partial charge in [0.05, 0.1) is 23.5 Å². The standard InChI is InChI=1S/C27H20ClN5O2/c28-20-10-8-19(9-11-20)26-24(12-13-25(34)31-21-5-3-4-18(16-21)14-15-29)35-27(32-26)33-17-30-22-6-1-2-7-23(22)33/h1-11,16-17H,12-14H2,(H,31,34). The number of fused-ring (bicyclic) bond motifs is 1. The first-order valence-corrected chi connectivity index (χ1v) is 11.4. The van der Waals surface area contributed by atoms with Crippen molar-refractivity contribution in [2.45, 2.75) is 19.3 Å². The van der Waals surface area contributed by atoms with Crippen molar-refractivity contribution in [1.29, 1.82) is 5.26 Å². The average Bonchev–Trinajstić information content (AvgIpc) is 3.48. The molecule has 0 unspecified atom stereocenters. The third-order valence-corrected chi connectivity index (χ3v) is 5.79. The zero-order valence-corrected chi connectivity index (χ0v) is 19.4. The Morgan fingerprint density at radius 1 is 1.09 bits per heavy atom. The topological polar surface area (TPSA) is 96.7 Å². The van der Waals surface area contributed by atoms with E-state index >= 15 is 0 Å². The summed E-state index contributed by atoms with van der Waals surface area (Å²) in [5.74, 6) is 0.431. The number of para-hydroxylation sites is 2. The van der Waals surface area contributed by atoms with Gasteiger partial charge in [0.25, 0.3) is 0 Å². The van der Waals surface area contributed by atoms with E-state index in [1.807, 2.05) is 48.5 Å². The molecule has 8 heteroatoms. The number of rotatable bonds is 7. The molecular weight excluding hydrogens is 462 g/mol. The van der Waals surface area contributed by atoms with Gasteiger partial charge in [-0.2, -0.15) is 10.2 Å². The fourth-order valence-corrected chi connectivity index (χ4v) is 3.98. The Balaban J connectivity index is 1.41. The molecule has 0 saturated carbocycles. The average molecular weight is 482 g/mol. The first-order valence-electron chi connectivity index (χ1n) is 11.0. The number of aryl methyl sites for hydroxylation is 1. The molecule has 0 aliphatic rings. The van der Waals surface area contributed by atoms with Gasteiger partial charge in [0, 0.05) is 29.1 Å². The molecule has 2 aromatic heterocycles. The Morgan fingerprint density at radius 2 is 1.91 bits per heavy atom. The molecule has 2 heterocycles. The van der Waals surface area contributed by atoms with Crippen LogP contribution in [0.4, 0.5) is 5.69 Å². The molecule has 0 fully saturated rings. The molecule has 0 aliphatic heterocycles. The van der Waals surface area contributed by atoms with Gasteiger partial charge in [-0.15, -0.1) is 0 Å². The number of amides is 1. The maximum absolute atomic E-state index is 12.7. The van der Waals surface area contributed by atoms with Crippen molar-refractivity contribution in [2.24, 2.45) is 0 Å². The highest BCUT2D eigenvalue weighted by Gasteiger charge is 2.19. The van der Waals surface area contributed by atoms with E-state index in [0.717, 1.165) is 22.2 Å². The summed E-state index contributed by atoms with van der Waals surface area (Å²) >= 11 is 6.07. The van der Waals surface area contributed by atoms with E-state index in [0.29, 0.717) is 34.6 Å². The lowest BCUT2D eigenvalue weighted by atomic mass is 10.1. The van der Waals surface area contributed by atoms with Crippen molar-refractivity contribution in [1.82, 2.24) is 14.5 Å². The summed E-state index contributed by atoms with van der Waals surface area (Å²) in [6.45, 7) is 0. The van der Waals surface area contributed by atoms with Crippen LogP contribution < -0.4 is 5.32 Å². The number of nitrogens with one attached hydrogen (secondary N) is 1. The lowest BCUT2D eigenvalue weighted by molar-refractivity contribution is -0.116. The summed E-state index contributed by atoms with van der Waals surface area (Å²) in [6, 6.07) is 24.8. The number of aromatic nitrogens is 3. The number of nitrogens with zero attached hydrogens (tertiary/aromatic N) is 4. The molecule has 0 saturated heterocycles. The molecule has 7 nitrogen and oxygen atoms in total. The smallest absolute Gasteiger partial charge is 0.308 e. The summed E-state index contributed by atoms with van der Waals surface area (Å²) in [7, 11) is 0. The number of anilines is 1. The van der Waals surface area contributed by atoms with Gasteiger partial charge in [-0.25, -0.2) is 4.98 Å². The van der Waals surface area contributed by atoms with Crippen LogP contribution in [-0.4, -0.2) is 20.4 Å². The molecule has 0 radical (unpaired) electrons. The molecule has 1 N–H and O–H groups in total. The predicted molar refractivity (Wildman–Crippen MR) is 134 cm³/mol. The van der Waals surface area contributed by atoms with Crippen LogP contribution in [0.15, 0.2) is 83.5 Å². The Kier molecular flexibility index (Phi) is 6.29. The van der Waals surface area contributed by atoms with Gasteiger partial charge in [-0.3, -0.25) is 9.36 Å². The minimum Gasteiger partial charge on any atom is -0.427 e. The second-order valence-corrected chi connectivity index (χ2v) is 8.40. The third kappa shape index (κ3) is 4.93. The van der Waals surface area contributed by atoms with Gasteiger partial charge in [-0.05, 0) is 42.0 Å². The van der Waals surface area contributed by atoms with E-state index in [4.69, 9.17) is 26.3 Å². The van der Waals surface area contributed by atoms with E-state index in [9.17, 15) is 4.79 Å². The van der Waals surface area contributed by atoms with Gasteiger partial charge in [0.2, 0.25) is 5.91 Å². The monoisotopic (exact) mass is 481 g/mol. The lowest BCUT2D eigenvalue weighted by Gasteiger charge is -2.06. The van der Waals surface area contributed by atoms with E-state index in [2.05, 4.69) is 16.4 Å². The fourth-order valence-electron chi connectivity index (χ4n) is 3.86. The zero-order valence-electron chi connectivity index (χ0n) is 18.6. The highest BCUT2D eigenvalue weighted by molar-refractivity contribution is 6.30. The Labute approximate surface area is 206 Å². The molecule has 35 heavy (non-hydrogen) atoms. The Morgan fingerprint density at radius 3 is 2.74 bits per heavy atom.